The third-order valence-corrected chi connectivity index (χ3v) is 2.96. The second-order valence-corrected chi connectivity index (χ2v) is 4.30. The van der Waals surface area contributed by atoms with Crippen molar-refractivity contribution in [3.8, 4) is 5.75 Å². The van der Waals surface area contributed by atoms with Gasteiger partial charge in [-0.25, -0.2) is 0 Å². The number of anilines is 2. The van der Waals surface area contributed by atoms with Gasteiger partial charge in [-0.3, -0.25) is 4.79 Å². The van der Waals surface area contributed by atoms with Gasteiger partial charge in [-0.15, -0.1) is 0 Å². The van der Waals surface area contributed by atoms with Crippen molar-refractivity contribution in [2.24, 2.45) is 0 Å². The Morgan fingerprint density at radius 2 is 1.75 bits per heavy atom. The van der Waals surface area contributed by atoms with Gasteiger partial charge in [0.1, 0.15) is 5.75 Å². The molecule has 104 valence electrons. The quantitative estimate of drug-likeness (QED) is 0.850. The van der Waals surface area contributed by atoms with Gasteiger partial charge in [0.05, 0.1) is 5.69 Å². The smallest absolute Gasteiger partial charge is 0.264 e. The largest absolute Gasteiger partial charge is 0.482 e. The minimum Gasteiger partial charge on any atom is -0.482 e. The molecule has 0 aliphatic rings. The Kier molecular flexibility index (Phi) is 4.60. The van der Waals surface area contributed by atoms with Crippen molar-refractivity contribution in [1.29, 1.82) is 0 Å². The van der Waals surface area contributed by atoms with Crippen LogP contribution in [0.2, 0.25) is 0 Å². The lowest BCUT2D eigenvalue weighted by atomic mass is 10.3. The SMILES string of the molecule is CCN(C(=O)COc1ccccc1N)c1ccccc1. The summed E-state index contributed by atoms with van der Waals surface area (Å²) in [5.41, 5.74) is 7.17. The molecule has 0 saturated carbocycles. The second kappa shape index (κ2) is 6.61. The summed E-state index contributed by atoms with van der Waals surface area (Å²) < 4.78 is 5.49. The van der Waals surface area contributed by atoms with E-state index in [9.17, 15) is 4.79 Å². The number of nitrogens with zero attached hydrogens (tertiary/aromatic N) is 1. The normalized spacial score (nSPS) is 10.1. The molecule has 2 rings (SSSR count). The Morgan fingerprint density at radius 1 is 1.10 bits per heavy atom. The molecule has 4 heteroatoms. The fourth-order valence-corrected chi connectivity index (χ4v) is 1.94. The molecule has 0 aliphatic carbocycles. The summed E-state index contributed by atoms with van der Waals surface area (Å²) in [6, 6.07) is 16.7. The van der Waals surface area contributed by atoms with Gasteiger partial charge in [0, 0.05) is 12.2 Å². The van der Waals surface area contributed by atoms with E-state index in [1.165, 1.54) is 0 Å². The maximum Gasteiger partial charge on any atom is 0.264 e. The number of para-hydroxylation sites is 3. The van der Waals surface area contributed by atoms with Gasteiger partial charge in [-0.05, 0) is 31.2 Å². The first kappa shape index (κ1) is 13.9. The molecule has 4 nitrogen and oxygen atoms in total. The molecule has 20 heavy (non-hydrogen) atoms. The lowest BCUT2D eigenvalue weighted by Crippen LogP contribution is -2.34. The minimum atomic E-state index is -0.0954. The summed E-state index contributed by atoms with van der Waals surface area (Å²) in [4.78, 5) is 13.9. The first-order chi connectivity index (χ1) is 9.72. The number of likely N-dealkylation sites (N-methyl/N-ethyl adjacent to an activating group) is 1. The van der Waals surface area contributed by atoms with Gasteiger partial charge < -0.3 is 15.4 Å². The number of rotatable bonds is 5. The topological polar surface area (TPSA) is 55.6 Å². The summed E-state index contributed by atoms with van der Waals surface area (Å²) in [6.45, 7) is 2.50. The highest BCUT2D eigenvalue weighted by Gasteiger charge is 2.14. The van der Waals surface area contributed by atoms with Crippen LogP contribution in [0.15, 0.2) is 54.6 Å². The molecular weight excluding hydrogens is 252 g/mol. The van der Waals surface area contributed by atoms with Gasteiger partial charge in [0.2, 0.25) is 0 Å². The van der Waals surface area contributed by atoms with Crippen molar-refractivity contribution in [1.82, 2.24) is 0 Å². The number of hydrogen-bond acceptors (Lipinski definition) is 3. The Morgan fingerprint density at radius 3 is 2.40 bits per heavy atom. The molecule has 2 N–H and O–H groups in total. The summed E-state index contributed by atoms with van der Waals surface area (Å²) >= 11 is 0. The molecule has 0 atom stereocenters. The molecule has 0 radical (unpaired) electrons. The fraction of sp³-hybridized carbons (Fsp3) is 0.188. The molecule has 1 amide bonds. The summed E-state index contributed by atoms with van der Waals surface area (Å²) in [5, 5.41) is 0. The zero-order valence-electron chi connectivity index (χ0n) is 11.5. The Hall–Kier alpha value is -2.49. The highest BCUT2D eigenvalue weighted by Crippen LogP contribution is 2.20. The van der Waals surface area contributed by atoms with E-state index in [-0.39, 0.29) is 12.5 Å². The lowest BCUT2D eigenvalue weighted by Gasteiger charge is -2.21. The zero-order valence-corrected chi connectivity index (χ0v) is 11.5. The van der Waals surface area contributed by atoms with Crippen LogP contribution in [-0.2, 0) is 4.79 Å². The second-order valence-electron chi connectivity index (χ2n) is 4.30. The van der Waals surface area contributed by atoms with Crippen LogP contribution in [-0.4, -0.2) is 19.1 Å². The highest BCUT2D eigenvalue weighted by atomic mass is 16.5. The Labute approximate surface area is 118 Å². The third kappa shape index (κ3) is 3.29. The van der Waals surface area contributed by atoms with E-state index in [1.54, 1.807) is 17.0 Å². The maximum absolute atomic E-state index is 12.2. The van der Waals surface area contributed by atoms with Crippen molar-refractivity contribution >= 4 is 17.3 Å². The average Bonchev–Trinajstić information content (AvgIpc) is 2.48. The van der Waals surface area contributed by atoms with Gasteiger partial charge in [0.25, 0.3) is 5.91 Å². The van der Waals surface area contributed by atoms with Crippen molar-refractivity contribution in [3.63, 3.8) is 0 Å². The fourth-order valence-electron chi connectivity index (χ4n) is 1.94. The highest BCUT2D eigenvalue weighted by molar-refractivity contribution is 5.94. The number of carbonyl (C=O) groups is 1. The van der Waals surface area contributed by atoms with E-state index in [2.05, 4.69) is 0 Å². The predicted molar refractivity (Wildman–Crippen MR) is 80.8 cm³/mol. The van der Waals surface area contributed by atoms with Crippen LogP contribution >= 0.6 is 0 Å². The monoisotopic (exact) mass is 270 g/mol. The van der Waals surface area contributed by atoms with Gasteiger partial charge in [-0.1, -0.05) is 30.3 Å². The molecule has 0 unspecified atom stereocenters. The number of hydrogen-bond donors (Lipinski definition) is 1. The Balaban J connectivity index is 2.02. The van der Waals surface area contributed by atoms with Gasteiger partial charge in [-0.2, -0.15) is 0 Å². The summed E-state index contributed by atoms with van der Waals surface area (Å²) in [5.74, 6) is 0.437. The van der Waals surface area contributed by atoms with Crippen molar-refractivity contribution < 1.29 is 9.53 Å². The molecular formula is C16H18N2O2. The van der Waals surface area contributed by atoms with Gasteiger partial charge >= 0.3 is 0 Å². The maximum atomic E-state index is 12.2. The molecule has 0 heterocycles. The first-order valence-electron chi connectivity index (χ1n) is 6.55. The molecule has 0 saturated heterocycles. The van der Waals surface area contributed by atoms with Crippen LogP contribution in [0.1, 0.15) is 6.92 Å². The van der Waals surface area contributed by atoms with Crippen molar-refractivity contribution in [3.05, 3.63) is 54.6 Å². The molecule has 0 aromatic heterocycles. The van der Waals surface area contributed by atoms with E-state index in [0.717, 1.165) is 5.69 Å². The molecule has 0 aliphatic heterocycles. The molecule has 0 fully saturated rings. The van der Waals surface area contributed by atoms with Crippen LogP contribution in [0.25, 0.3) is 0 Å². The summed E-state index contributed by atoms with van der Waals surface area (Å²) in [7, 11) is 0. The zero-order chi connectivity index (χ0) is 14.4. The van der Waals surface area contributed by atoms with Crippen molar-refractivity contribution in [2.45, 2.75) is 6.92 Å². The van der Waals surface area contributed by atoms with Gasteiger partial charge in [0.15, 0.2) is 6.61 Å². The van der Waals surface area contributed by atoms with Crippen molar-refractivity contribution in [2.75, 3.05) is 23.8 Å². The Bertz CT molecular complexity index is 570. The van der Waals surface area contributed by atoms with E-state index < -0.39 is 0 Å². The molecule has 2 aromatic carbocycles. The van der Waals surface area contributed by atoms with Crippen LogP contribution in [0, 0.1) is 0 Å². The number of benzene rings is 2. The number of nitrogen functional groups attached to an aromatic ring is 1. The summed E-state index contributed by atoms with van der Waals surface area (Å²) in [6.07, 6.45) is 0. The number of carbonyl (C=O) groups excluding carboxylic acids is 1. The standard InChI is InChI=1S/C16H18N2O2/c1-2-18(13-8-4-3-5-9-13)16(19)12-20-15-11-7-6-10-14(15)17/h3-11H,2,12,17H2,1H3. The average molecular weight is 270 g/mol. The van der Waals surface area contributed by atoms with E-state index in [0.29, 0.717) is 18.0 Å². The van der Waals surface area contributed by atoms with E-state index in [1.807, 2.05) is 49.4 Å². The number of nitrogens with two attached hydrogens (primary N) is 1. The number of ether oxygens (including phenoxy) is 1. The molecule has 0 bridgehead atoms. The van der Waals surface area contributed by atoms with E-state index >= 15 is 0 Å². The van der Waals surface area contributed by atoms with Crippen LogP contribution in [0.3, 0.4) is 0 Å². The van der Waals surface area contributed by atoms with E-state index in [4.69, 9.17) is 10.5 Å². The third-order valence-electron chi connectivity index (χ3n) is 2.96. The lowest BCUT2D eigenvalue weighted by molar-refractivity contribution is -0.120. The van der Waals surface area contributed by atoms with Crippen LogP contribution in [0.5, 0.6) is 5.75 Å². The minimum absolute atomic E-state index is 0.0308. The molecule has 0 spiro atoms. The number of amides is 1. The predicted octanol–water partition coefficient (Wildman–Crippen LogP) is 2.70. The van der Waals surface area contributed by atoms with Crippen LogP contribution in [0.4, 0.5) is 11.4 Å². The van der Waals surface area contributed by atoms with Crippen LogP contribution < -0.4 is 15.4 Å². The molecule has 2 aromatic rings. The first-order valence-corrected chi connectivity index (χ1v) is 6.55.